The molecule has 140 valence electrons. The van der Waals surface area contributed by atoms with Crippen LogP contribution in [0.2, 0.25) is 0 Å². The molecular formula is C20H22N4O2S. The Balaban J connectivity index is 1.61. The van der Waals surface area contributed by atoms with Gasteiger partial charge in [-0.25, -0.2) is 10.4 Å². The Morgan fingerprint density at radius 2 is 2.04 bits per heavy atom. The van der Waals surface area contributed by atoms with Gasteiger partial charge in [-0.1, -0.05) is 18.2 Å². The maximum atomic E-state index is 12.0. The topological polar surface area (TPSA) is 68.5 Å². The number of hydrazone groups is 1. The molecule has 1 aromatic carbocycles. The van der Waals surface area contributed by atoms with Gasteiger partial charge < -0.3 is 4.74 Å². The third-order valence-electron chi connectivity index (χ3n) is 4.23. The number of hydrogen-bond donors (Lipinski definition) is 1. The first-order valence-electron chi connectivity index (χ1n) is 8.57. The number of nitrogens with zero attached hydrogens (tertiary/aromatic N) is 3. The van der Waals surface area contributed by atoms with Crippen molar-refractivity contribution in [2.45, 2.75) is 27.7 Å². The number of benzene rings is 1. The van der Waals surface area contributed by atoms with Crippen LogP contribution in [-0.2, 0) is 4.79 Å². The number of carbonyl (C=O) groups excluding carboxylic acids is 1. The average molecular weight is 382 g/mol. The number of ether oxygens (including phenoxy) is 1. The second-order valence-electron chi connectivity index (χ2n) is 6.28. The third-order valence-corrected chi connectivity index (χ3v) is 4.99. The first-order chi connectivity index (χ1) is 13.0. The van der Waals surface area contributed by atoms with E-state index in [1.807, 2.05) is 57.3 Å². The molecule has 0 saturated heterocycles. The third kappa shape index (κ3) is 4.25. The van der Waals surface area contributed by atoms with E-state index in [4.69, 9.17) is 4.74 Å². The molecule has 0 bridgehead atoms. The van der Waals surface area contributed by atoms with Crippen molar-refractivity contribution in [3.8, 4) is 10.9 Å². The second-order valence-corrected chi connectivity index (χ2v) is 7.15. The molecular weight excluding hydrogens is 360 g/mol. The molecule has 0 aliphatic rings. The number of carbonyl (C=O) groups is 1. The molecule has 6 nitrogen and oxygen atoms in total. The predicted octanol–water partition coefficient (Wildman–Crippen LogP) is 3.70. The van der Waals surface area contributed by atoms with Crippen LogP contribution in [0.1, 0.15) is 28.1 Å². The summed E-state index contributed by atoms with van der Waals surface area (Å²) in [7, 11) is 0. The van der Waals surface area contributed by atoms with Gasteiger partial charge in [0.1, 0.15) is 5.75 Å². The van der Waals surface area contributed by atoms with E-state index in [2.05, 4.69) is 20.1 Å². The van der Waals surface area contributed by atoms with E-state index in [1.54, 1.807) is 23.7 Å². The van der Waals surface area contributed by atoms with Gasteiger partial charge in [-0.3, -0.25) is 9.36 Å². The summed E-state index contributed by atoms with van der Waals surface area (Å²) in [5.74, 6) is 0.436. The lowest BCUT2D eigenvalue weighted by atomic mass is 10.1. The summed E-state index contributed by atoms with van der Waals surface area (Å²) in [6.07, 6.45) is 3.42. The van der Waals surface area contributed by atoms with Gasteiger partial charge in [0.05, 0.1) is 6.21 Å². The van der Waals surface area contributed by atoms with Gasteiger partial charge in [-0.2, -0.15) is 5.10 Å². The quantitative estimate of drug-likeness (QED) is 0.522. The molecule has 7 heteroatoms. The Hall–Kier alpha value is -2.93. The van der Waals surface area contributed by atoms with Gasteiger partial charge in [-0.05, 0) is 44.9 Å². The molecule has 0 unspecified atom stereocenters. The molecule has 0 saturated carbocycles. The van der Waals surface area contributed by atoms with E-state index in [1.165, 1.54) is 0 Å². The Kier molecular flexibility index (Phi) is 5.71. The Morgan fingerprint density at radius 3 is 2.70 bits per heavy atom. The molecule has 0 aliphatic heterocycles. The van der Waals surface area contributed by atoms with E-state index >= 15 is 0 Å². The SMILES string of the molecule is Cc1cccc(C)c1OCC(=O)N/N=C\c1cc(C)n(-c2nccs2)c1C. The lowest BCUT2D eigenvalue weighted by Crippen LogP contribution is -2.25. The number of thiazole rings is 1. The summed E-state index contributed by atoms with van der Waals surface area (Å²) >= 11 is 1.57. The van der Waals surface area contributed by atoms with E-state index in [-0.39, 0.29) is 12.5 Å². The lowest BCUT2D eigenvalue weighted by molar-refractivity contribution is -0.123. The Labute approximate surface area is 162 Å². The van der Waals surface area contributed by atoms with Gasteiger partial charge in [0, 0.05) is 28.5 Å². The molecule has 1 N–H and O–H groups in total. The summed E-state index contributed by atoms with van der Waals surface area (Å²) < 4.78 is 7.70. The fourth-order valence-electron chi connectivity index (χ4n) is 2.91. The zero-order valence-corrected chi connectivity index (χ0v) is 16.6. The molecule has 2 heterocycles. The highest BCUT2D eigenvalue weighted by molar-refractivity contribution is 7.12. The van der Waals surface area contributed by atoms with E-state index in [0.717, 1.165) is 39.0 Å². The molecule has 0 aliphatic carbocycles. The minimum absolute atomic E-state index is 0.0822. The molecule has 0 atom stereocenters. The lowest BCUT2D eigenvalue weighted by Gasteiger charge is -2.10. The molecule has 0 radical (unpaired) electrons. The average Bonchev–Trinajstić information content (AvgIpc) is 3.23. The summed E-state index contributed by atoms with van der Waals surface area (Å²) in [6, 6.07) is 7.89. The summed E-state index contributed by atoms with van der Waals surface area (Å²) in [4.78, 5) is 16.4. The Morgan fingerprint density at radius 1 is 1.30 bits per heavy atom. The number of para-hydroxylation sites is 1. The van der Waals surface area contributed by atoms with Crippen LogP contribution in [0.4, 0.5) is 0 Å². The van der Waals surface area contributed by atoms with Crippen molar-refractivity contribution in [1.82, 2.24) is 15.0 Å². The number of nitrogens with one attached hydrogen (secondary N) is 1. The van der Waals surface area contributed by atoms with Crippen molar-refractivity contribution in [3.05, 3.63) is 63.9 Å². The van der Waals surface area contributed by atoms with Crippen molar-refractivity contribution in [3.63, 3.8) is 0 Å². The molecule has 3 rings (SSSR count). The van der Waals surface area contributed by atoms with Crippen molar-refractivity contribution in [2.75, 3.05) is 6.61 Å². The van der Waals surface area contributed by atoms with Crippen LogP contribution in [0.15, 0.2) is 40.9 Å². The number of aryl methyl sites for hydroxylation is 3. The van der Waals surface area contributed by atoms with Gasteiger partial charge in [-0.15, -0.1) is 11.3 Å². The normalized spacial score (nSPS) is 11.1. The standard InChI is InChI=1S/C20H22N4O2S/c1-13-6-5-7-14(2)19(13)26-12-18(25)23-22-11-17-10-15(3)24(16(17)4)20-21-8-9-27-20/h5-11H,12H2,1-4H3,(H,23,25)/b22-11-. The van der Waals surface area contributed by atoms with E-state index in [0.29, 0.717) is 0 Å². The van der Waals surface area contributed by atoms with Crippen molar-refractivity contribution >= 4 is 23.5 Å². The van der Waals surface area contributed by atoms with Crippen LogP contribution >= 0.6 is 11.3 Å². The largest absolute Gasteiger partial charge is 0.483 e. The minimum atomic E-state index is -0.303. The zero-order chi connectivity index (χ0) is 19.4. The molecule has 1 amide bonds. The highest BCUT2D eigenvalue weighted by atomic mass is 32.1. The van der Waals surface area contributed by atoms with Crippen LogP contribution in [0.3, 0.4) is 0 Å². The minimum Gasteiger partial charge on any atom is -0.483 e. The molecule has 3 aromatic rings. The van der Waals surface area contributed by atoms with Gasteiger partial charge >= 0.3 is 0 Å². The van der Waals surface area contributed by atoms with Crippen molar-refractivity contribution in [2.24, 2.45) is 5.10 Å². The van der Waals surface area contributed by atoms with Crippen LogP contribution in [0, 0.1) is 27.7 Å². The fourth-order valence-corrected chi connectivity index (χ4v) is 3.66. The molecule has 27 heavy (non-hydrogen) atoms. The second kappa shape index (κ2) is 8.18. The van der Waals surface area contributed by atoms with Crippen molar-refractivity contribution < 1.29 is 9.53 Å². The van der Waals surface area contributed by atoms with E-state index in [9.17, 15) is 4.79 Å². The van der Waals surface area contributed by atoms with Crippen LogP contribution < -0.4 is 10.2 Å². The highest BCUT2D eigenvalue weighted by Crippen LogP contribution is 2.22. The highest BCUT2D eigenvalue weighted by Gasteiger charge is 2.11. The summed E-state index contributed by atoms with van der Waals surface area (Å²) in [6.45, 7) is 7.85. The first-order valence-corrected chi connectivity index (χ1v) is 9.45. The molecule has 0 fully saturated rings. The van der Waals surface area contributed by atoms with Crippen LogP contribution in [0.5, 0.6) is 5.75 Å². The molecule has 2 aromatic heterocycles. The van der Waals surface area contributed by atoms with Crippen LogP contribution in [-0.4, -0.2) is 28.3 Å². The number of amides is 1. The van der Waals surface area contributed by atoms with E-state index < -0.39 is 0 Å². The summed E-state index contributed by atoms with van der Waals surface area (Å²) in [5.41, 5.74) is 7.53. The maximum Gasteiger partial charge on any atom is 0.277 e. The maximum absolute atomic E-state index is 12.0. The number of aromatic nitrogens is 2. The summed E-state index contributed by atoms with van der Waals surface area (Å²) in [5, 5.41) is 6.92. The van der Waals surface area contributed by atoms with Gasteiger partial charge in [0.2, 0.25) is 0 Å². The van der Waals surface area contributed by atoms with Crippen molar-refractivity contribution in [1.29, 1.82) is 0 Å². The fraction of sp³-hybridized carbons (Fsp3) is 0.250. The first kappa shape index (κ1) is 18.8. The molecule has 0 spiro atoms. The number of hydrogen-bond acceptors (Lipinski definition) is 5. The van der Waals surface area contributed by atoms with Gasteiger partial charge in [0.15, 0.2) is 11.7 Å². The van der Waals surface area contributed by atoms with Crippen LogP contribution in [0.25, 0.3) is 5.13 Å². The monoisotopic (exact) mass is 382 g/mol. The zero-order valence-electron chi connectivity index (χ0n) is 15.8. The Bertz CT molecular complexity index is 954. The smallest absolute Gasteiger partial charge is 0.277 e. The van der Waals surface area contributed by atoms with Gasteiger partial charge in [0.25, 0.3) is 5.91 Å². The predicted molar refractivity (Wildman–Crippen MR) is 108 cm³/mol. The number of rotatable bonds is 6.